The highest BCUT2D eigenvalue weighted by atomic mass is 19.1. The molecular weight excluding hydrogens is 189 g/mol. The summed E-state index contributed by atoms with van der Waals surface area (Å²) in [5.74, 6) is -0.161. The van der Waals surface area contributed by atoms with Crippen LogP contribution in [0.4, 0.5) is 4.39 Å². The normalized spacial score (nSPS) is 10.8. The fourth-order valence-corrected chi connectivity index (χ4v) is 1.69. The molecule has 2 heteroatoms. The van der Waals surface area contributed by atoms with E-state index in [0.29, 0.717) is 11.9 Å². The van der Waals surface area contributed by atoms with Crippen LogP contribution in [0.3, 0.4) is 0 Å². The summed E-state index contributed by atoms with van der Waals surface area (Å²) in [5.41, 5.74) is 1.09. The molecule has 1 nitrogen and oxygen atoms in total. The lowest BCUT2D eigenvalue weighted by atomic mass is 10.0. The topological polar surface area (TPSA) is 14.1 Å². The summed E-state index contributed by atoms with van der Waals surface area (Å²) in [5, 5.41) is 5.95. The molecule has 0 aliphatic heterocycles. The van der Waals surface area contributed by atoms with Gasteiger partial charge in [-0.25, -0.2) is 9.71 Å². The molecule has 0 aromatic heterocycles. The maximum atomic E-state index is 13.5. The zero-order valence-electron chi connectivity index (χ0n) is 8.70. The molecule has 2 aromatic rings. The van der Waals surface area contributed by atoms with Gasteiger partial charge in [-0.3, -0.25) is 0 Å². The number of benzene rings is 2. The average molecular weight is 202 g/mol. The lowest BCUT2D eigenvalue weighted by Crippen LogP contribution is -2.03. The number of hydrogen-bond donors (Lipinski definition) is 0. The van der Waals surface area contributed by atoms with Crippen LogP contribution in [0.25, 0.3) is 10.8 Å². The van der Waals surface area contributed by atoms with E-state index in [1.807, 2.05) is 31.2 Å². The van der Waals surface area contributed by atoms with Crippen molar-refractivity contribution in [3.63, 3.8) is 0 Å². The van der Waals surface area contributed by atoms with Crippen LogP contribution in [0, 0.1) is 5.82 Å². The molecule has 0 saturated carbocycles. The Bertz CT molecular complexity index is 465. The van der Waals surface area contributed by atoms with Gasteiger partial charge in [0.25, 0.3) is 0 Å². The van der Waals surface area contributed by atoms with E-state index in [9.17, 15) is 4.39 Å². The first-order chi connectivity index (χ1) is 7.33. The van der Waals surface area contributed by atoms with E-state index in [1.54, 1.807) is 6.07 Å². The summed E-state index contributed by atoms with van der Waals surface area (Å²) in [4.78, 5) is 0. The minimum absolute atomic E-state index is 0.161. The van der Waals surface area contributed by atoms with Crippen molar-refractivity contribution in [3.05, 3.63) is 47.8 Å². The van der Waals surface area contributed by atoms with Crippen LogP contribution in [0.5, 0.6) is 0 Å². The second-order valence-corrected chi connectivity index (χ2v) is 3.45. The first kappa shape index (κ1) is 10.1. The molecule has 2 rings (SSSR count). The van der Waals surface area contributed by atoms with Gasteiger partial charge in [-0.1, -0.05) is 37.3 Å². The SMILES string of the molecule is CC[N]Cc1ccc(F)c2ccccc12. The van der Waals surface area contributed by atoms with Crippen LogP contribution >= 0.6 is 0 Å². The Morgan fingerprint density at radius 3 is 2.53 bits per heavy atom. The largest absolute Gasteiger partial charge is 0.237 e. The Kier molecular flexibility index (Phi) is 2.97. The van der Waals surface area contributed by atoms with Crippen molar-refractivity contribution in [1.82, 2.24) is 5.32 Å². The molecule has 0 heterocycles. The minimum atomic E-state index is -0.161. The van der Waals surface area contributed by atoms with Gasteiger partial charge >= 0.3 is 0 Å². The molecule has 0 spiro atoms. The van der Waals surface area contributed by atoms with E-state index in [-0.39, 0.29) is 5.82 Å². The van der Waals surface area contributed by atoms with Gasteiger partial charge in [0.05, 0.1) is 0 Å². The highest BCUT2D eigenvalue weighted by Crippen LogP contribution is 2.21. The van der Waals surface area contributed by atoms with Crippen molar-refractivity contribution in [2.24, 2.45) is 0 Å². The molecule has 0 aliphatic rings. The van der Waals surface area contributed by atoms with E-state index in [1.165, 1.54) is 6.07 Å². The van der Waals surface area contributed by atoms with Gasteiger partial charge in [-0.15, -0.1) is 0 Å². The average Bonchev–Trinajstić information content (AvgIpc) is 2.29. The van der Waals surface area contributed by atoms with Gasteiger partial charge in [0.15, 0.2) is 0 Å². The first-order valence-corrected chi connectivity index (χ1v) is 5.12. The van der Waals surface area contributed by atoms with Crippen LogP contribution in [-0.4, -0.2) is 6.54 Å². The lowest BCUT2D eigenvalue weighted by molar-refractivity contribution is 0.638. The summed E-state index contributed by atoms with van der Waals surface area (Å²) in [6.07, 6.45) is 0. The third kappa shape index (κ3) is 2.00. The molecule has 0 bridgehead atoms. The van der Waals surface area contributed by atoms with Gasteiger partial charge in [-0.2, -0.15) is 0 Å². The lowest BCUT2D eigenvalue weighted by Gasteiger charge is -2.06. The molecule has 0 saturated heterocycles. The molecule has 0 atom stereocenters. The number of hydrogen-bond acceptors (Lipinski definition) is 0. The number of nitrogens with zero attached hydrogens (tertiary/aromatic N) is 1. The number of fused-ring (bicyclic) bond motifs is 1. The number of rotatable bonds is 3. The Hall–Kier alpha value is -1.41. The van der Waals surface area contributed by atoms with Crippen molar-refractivity contribution in [3.8, 4) is 0 Å². The van der Waals surface area contributed by atoms with Crippen LogP contribution in [0.15, 0.2) is 36.4 Å². The minimum Gasteiger partial charge on any atom is -0.237 e. The van der Waals surface area contributed by atoms with Crippen molar-refractivity contribution < 1.29 is 4.39 Å². The van der Waals surface area contributed by atoms with Crippen molar-refractivity contribution in [2.75, 3.05) is 6.54 Å². The third-order valence-corrected chi connectivity index (χ3v) is 2.47. The third-order valence-electron chi connectivity index (χ3n) is 2.47. The van der Waals surface area contributed by atoms with E-state index in [0.717, 1.165) is 17.5 Å². The molecule has 77 valence electrons. The Morgan fingerprint density at radius 2 is 1.80 bits per heavy atom. The van der Waals surface area contributed by atoms with E-state index in [4.69, 9.17) is 0 Å². The standard InChI is InChI=1S/C13H13FN/c1-2-15-9-10-7-8-13(14)12-6-4-3-5-11(10)12/h3-8H,2,9H2,1H3. The summed E-state index contributed by atoms with van der Waals surface area (Å²) < 4.78 is 13.5. The van der Waals surface area contributed by atoms with E-state index >= 15 is 0 Å². The smallest absolute Gasteiger partial charge is 0.131 e. The highest BCUT2D eigenvalue weighted by Gasteiger charge is 2.04. The van der Waals surface area contributed by atoms with Gasteiger partial charge in [-0.05, 0) is 17.0 Å². The Balaban J connectivity index is 2.51. The van der Waals surface area contributed by atoms with Crippen LogP contribution in [0.2, 0.25) is 0 Å². The Morgan fingerprint density at radius 1 is 1.07 bits per heavy atom. The first-order valence-electron chi connectivity index (χ1n) is 5.12. The molecule has 1 radical (unpaired) electrons. The van der Waals surface area contributed by atoms with E-state index < -0.39 is 0 Å². The van der Waals surface area contributed by atoms with Crippen LogP contribution < -0.4 is 5.32 Å². The molecule has 0 aliphatic carbocycles. The molecule has 0 amide bonds. The molecule has 15 heavy (non-hydrogen) atoms. The monoisotopic (exact) mass is 202 g/mol. The van der Waals surface area contributed by atoms with Crippen molar-refractivity contribution in [2.45, 2.75) is 13.5 Å². The summed E-state index contributed by atoms with van der Waals surface area (Å²) >= 11 is 0. The predicted octanol–water partition coefficient (Wildman–Crippen LogP) is 3.10. The molecule has 0 fully saturated rings. The zero-order chi connectivity index (χ0) is 10.7. The van der Waals surface area contributed by atoms with Gasteiger partial charge in [0, 0.05) is 18.5 Å². The molecule has 0 unspecified atom stereocenters. The van der Waals surface area contributed by atoms with E-state index in [2.05, 4.69) is 5.32 Å². The maximum Gasteiger partial charge on any atom is 0.131 e. The number of halogens is 1. The van der Waals surface area contributed by atoms with Gasteiger partial charge < -0.3 is 0 Å². The maximum absolute atomic E-state index is 13.5. The predicted molar refractivity (Wildman–Crippen MR) is 60.3 cm³/mol. The second kappa shape index (κ2) is 4.41. The second-order valence-electron chi connectivity index (χ2n) is 3.45. The highest BCUT2D eigenvalue weighted by molar-refractivity contribution is 5.86. The quantitative estimate of drug-likeness (QED) is 0.726. The molecule has 0 N–H and O–H groups in total. The zero-order valence-corrected chi connectivity index (χ0v) is 8.70. The molecular formula is C13H13FN. The fourth-order valence-electron chi connectivity index (χ4n) is 1.69. The van der Waals surface area contributed by atoms with Gasteiger partial charge in [0.1, 0.15) is 5.82 Å². The Labute approximate surface area is 88.9 Å². The van der Waals surface area contributed by atoms with Crippen molar-refractivity contribution >= 4 is 10.8 Å². The van der Waals surface area contributed by atoms with Gasteiger partial charge in [0.2, 0.25) is 0 Å². The summed E-state index contributed by atoms with van der Waals surface area (Å²) in [7, 11) is 0. The van der Waals surface area contributed by atoms with Crippen LogP contribution in [0.1, 0.15) is 12.5 Å². The molecule has 2 aromatic carbocycles. The fraction of sp³-hybridized carbons (Fsp3) is 0.231. The van der Waals surface area contributed by atoms with Crippen molar-refractivity contribution in [1.29, 1.82) is 0 Å². The van der Waals surface area contributed by atoms with Crippen LogP contribution in [-0.2, 0) is 6.54 Å². The summed E-state index contributed by atoms with van der Waals surface area (Å²) in [6, 6.07) is 10.9. The summed E-state index contributed by atoms with van der Waals surface area (Å²) in [6.45, 7) is 3.47.